The van der Waals surface area contributed by atoms with Crippen molar-refractivity contribution in [2.45, 2.75) is 19.0 Å². The molecule has 3 aromatic carbocycles. The molecule has 0 radical (unpaired) electrons. The minimum atomic E-state index is -0.131. The van der Waals surface area contributed by atoms with Gasteiger partial charge in [-0.05, 0) is 98.0 Å². The lowest BCUT2D eigenvalue weighted by Crippen LogP contribution is -2.30. The highest BCUT2D eigenvalue weighted by atomic mass is 79.9. The Labute approximate surface area is 235 Å². The number of pyridine rings is 1. The lowest BCUT2D eigenvalue weighted by atomic mass is 10.0. The number of nitrogens with zero attached hydrogens (tertiary/aromatic N) is 3. The highest BCUT2D eigenvalue weighted by Gasteiger charge is 2.42. The zero-order chi connectivity index (χ0) is 26.1. The number of anilines is 1. The fourth-order valence-electron chi connectivity index (χ4n) is 4.85. The van der Waals surface area contributed by atoms with Crippen molar-refractivity contribution >= 4 is 38.9 Å². The van der Waals surface area contributed by atoms with Crippen molar-refractivity contribution in [2.75, 3.05) is 4.90 Å². The molecule has 1 fully saturated rings. The fourth-order valence-corrected chi connectivity index (χ4v) is 5.58. The maximum Gasteiger partial charge on any atom is 0.174 e. The Hall–Kier alpha value is -3.94. The fraction of sp³-hybridized carbons (Fsp3) is 0.0968. The molecule has 0 amide bonds. The Morgan fingerprint density at radius 3 is 2.32 bits per heavy atom. The summed E-state index contributed by atoms with van der Waals surface area (Å²) < 4.78 is 9.31. The van der Waals surface area contributed by atoms with Gasteiger partial charge < -0.3 is 19.5 Å². The van der Waals surface area contributed by atoms with Crippen molar-refractivity contribution < 1.29 is 4.74 Å². The Morgan fingerprint density at radius 1 is 0.842 bits per heavy atom. The molecular weight excluding hydrogens is 556 g/mol. The molecule has 3 heterocycles. The van der Waals surface area contributed by atoms with Crippen LogP contribution in [0.25, 0.3) is 5.69 Å². The third-order valence-corrected chi connectivity index (χ3v) is 7.45. The van der Waals surface area contributed by atoms with Crippen LogP contribution in [0.4, 0.5) is 5.69 Å². The predicted octanol–water partition coefficient (Wildman–Crippen LogP) is 7.91. The Bertz CT molecular complexity index is 1570. The van der Waals surface area contributed by atoms with Crippen molar-refractivity contribution in [3.63, 3.8) is 0 Å². The van der Waals surface area contributed by atoms with Crippen molar-refractivity contribution in [1.82, 2.24) is 14.9 Å². The van der Waals surface area contributed by atoms with Crippen molar-refractivity contribution in [1.29, 1.82) is 0 Å². The number of rotatable bonds is 6. The molecule has 0 aliphatic carbocycles. The average Bonchev–Trinajstić information content (AvgIpc) is 3.55. The first kappa shape index (κ1) is 24.4. The van der Waals surface area contributed by atoms with Crippen LogP contribution in [0.3, 0.4) is 0 Å². The normalized spacial score (nSPS) is 16.9. The number of thiocarbonyl (C=S) groups is 1. The standard InChI is InChI=1S/C31H25BrN4OS/c1-21-10-14-25(15-11-21)37-26-16-12-23(13-17-26)36-30(29(34-31(36)38)27-8-2-3-18-33-27)28-9-5-19-35(28)24-7-4-6-22(32)20-24/h2-20,29-30H,1H3,(H,34,38)/t29-,30+/m1/s1. The van der Waals surface area contributed by atoms with Crippen LogP contribution in [0.2, 0.25) is 0 Å². The first-order valence-corrected chi connectivity index (χ1v) is 13.6. The molecule has 38 heavy (non-hydrogen) atoms. The third kappa shape index (κ3) is 4.83. The Morgan fingerprint density at radius 2 is 1.61 bits per heavy atom. The van der Waals surface area contributed by atoms with Gasteiger partial charge in [-0.3, -0.25) is 4.98 Å². The molecule has 5 aromatic rings. The lowest BCUT2D eigenvalue weighted by Gasteiger charge is -2.29. The van der Waals surface area contributed by atoms with E-state index in [4.69, 9.17) is 17.0 Å². The van der Waals surface area contributed by atoms with Gasteiger partial charge in [0.2, 0.25) is 0 Å². The third-order valence-electron chi connectivity index (χ3n) is 6.64. The number of aryl methyl sites for hydroxylation is 1. The first-order chi connectivity index (χ1) is 18.6. The van der Waals surface area contributed by atoms with E-state index in [2.05, 4.69) is 85.2 Å². The van der Waals surface area contributed by atoms with E-state index in [0.29, 0.717) is 5.11 Å². The van der Waals surface area contributed by atoms with Crippen molar-refractivity contribution in [3.05, 3.63) is 137 Å². The molecule has 7 heteroatoms. The number of halogens is 1. The van der Waals surface area contributed by atoms with E-state index in [-0.39, 0.29) is 12.1 Å². The molecule has 1 aliphatic heterocycles. The Kier molecular flexibility index (Phi) is 6.70. The van der Waals surface area contributed by atoms with Gasteiger partial charge >= 0.3 is 0 Å². The maximum absolute atomic E-state index is 6.07. The van der Waals surface area contributed by atoms with Crippen LogP contribution in [0.1, 0.15) is 29.0 Å². The number of hydrogen-bond acceptors (Lipinski definition) is 3. The summed E-state index contributed by atoms with van der Waals surface area (Å²) >= 11 is 9.54. The second-order valence-electron chi connectivity index (χ2n) is 9.19. The largest absolute Gasteiger partial charge is 0.457 e. The van der Waals surface area contributed by atoms with Gasteiger partial charge in [-0.15, -0.1) is 0 Å². The molecule has 2 aromatic heterocycles. The van der Waals surface area contributed by atoms with E-state index in [0.717, 1.165) is 38.7 Å². The van der Waals surface area contributed by atoms with Crippen molar-refractivity contribution in [2.24, 2.45) is 0 Å². The Balaban J connectivity index is 1.39. The summed E-state index contributed by atoms with van der Waals surface area (Å²) in [5, 5.41) is 4.20. The van der Waals surface area contributed by atoms with Gasteiger partial charge in [0.05, 0.1) is 11.7 Å². The second kappa shape index (κ2) is 10.4. The molecule has 1 aliphatic rings. The maximum atomic E-state index is 6.07. The number of aromatic nitrogens is 2. The number of ether oxygens (including phenoxy) is 1. The molecule has 2 atom stereocenters. The van der Waals surface area contributed by atoms with Gasteiger partial charge in [-0.25, -0.2) is 0 Å². The highest BCUT2D eigenvalue weighted by Crippen LogP contribution is 2.42. The number of hydrogen-bond donors (Lipinski definition) is 1. The summed E-state index contributed by atoms with van der Waals surface area (Å²) in [7, 11) is 0. The van der Waals surface area contributed by atoms with Gasteiger partial charge in [0, 0.05) is 33.9 Å². The van der Waals surface area contributed by atoms with Crippen LogP contribution in [0, 0.1) is 6.92 Å². The summed E-state index contributed by atoms with van der Waals surface area (Å²) in [6.45, 7) is 2.06. The highest BCUT2D eigenvalue weighted by molar-refractivity contribution is 9.10. The van der Waals surface area contributed by atoms with Crippen LogP contribution in [-0.4, -0.2) is 14.7 Å². The molecule has 6 rings (SSSR count). The zero-order valence-corrected chi connectivity index (χ0v) is 23.1. The van der Waals surface area contributed by atoms with Gasteiger partial charge in [-0.1, -0.05) is 45.8 Å². The molecule has 0 unspecified atom stereocenters. The van der Waals surface area contributed by atoms with Crippen LogP contribution in [0.15, 0.2) is 120 Å². The van der Waals surface area contributed by atoms with E-state index >= 15 is 0 Å². The van der Waals surface area contributed by atoms with E-state index in [1.165, 1.54) is 5.56 Å². The summed E-state index contributed by atoms with van der Waals surface area (Å²) in [6.07, 6.45) is 3.91. The predicted molar refractivity (Wildman–Crippen MR) is 159 cm³/mol. The molecule has 0 bridgehead atoms. The van der Waals surface area contributed by atoms with Crippen LogP contribution < -0.4 is 15.0 Å². The van der Waals surface area contributed by atoms with E-state index in [1.54, 1.807) is 0 Å². The smallest absolute Gasteiger partial charge is 0.174 e. The van der Waals surface area contributed by atoms with E-state index < -0.39 is 0 Å². The second-order valence-corrected chi connectivity index (χ2v) is 10.5. The topological polar surface area (TPSA) is 42.3 Å². The molecule has 1 saturated heterocycles. The van der Waals surface area contributed by atoms with Crippen LogP contribution in [0.5, 0.6) is 11.5 Å². The van der Waals surface area contributed by atoms with Crippen LogP contribution >= 0.6 is 28.1 Å². The van der Waals surface area contributed by atoms with Gasteiger partial charge in [0.1, 0.15) is 17.5 Å². The monoisotopic (exact) mass is 580 g/mol. The summed E-state index contributed by atoms with van der Waals surface area (Å²) in [4.78, 5) is 6.86. The average molecular weight is 582 g/mol. The summed E-state index contributed by atoms with van der Waals surface area (Å²) in [6, 6.07) is 34.4. The SMILES string of the molecule is Cc1ccc(Oc2ccc(N3C(=S)N[C@H](c4ccccn4)[C@@H]3c3cccn3-c3cccc(Br)c3)cc2)cc1. The molecule has 188 valence electrons. The molecular formula is C31H25BrN4OS. The summed E-state index contributed by atoms with van der Waals surface area (Å²) in [5.41, 5.74) is 5.28. The quantitative estimate of drug-likeness (QED) is 0.207. The minimum Gasteiger partial charge on any atom is -0.457 e. The zero-order valence-electron chi connectivity index (χ0n) is 20.7. The van der Waals surface area contributed by atoms with E-state index in [9.17, 15) is 0 Å². The summed E-state index contributed by atoms with van der Waals surface area (Å²) in [5.74, 6) is 1.58. The van der Waals surface area contributed by atoms with Gasteiger partial charge in [0.15, 0.2) is 5.11 Å². The first-order valence-electron chi connectivity index (χ1n) is 12.4. The van der Waals surface area contributed by atoms with Gasteiger partial charge in [0.25, 0.3) is 0 Å². The molecule has 5 nitrogen and oxygen atoms in total. The molecule has 0 saturated carbocycles. The molecule has 1 N–H and O–H groups in total. The number of benzene rings is 3. The minimum absolute atomic E-state index is 0.129. The van der Waals surface area contributed by atoms with Crippen LogP contribution in [-0.2, 0) is 0 Å². The van der Waals surface area contributed by atoms with E-state index in [1.807, 2.05) is 72.9 Å². The lowest BCUT2D eigenvalue weighted by molar-refractivity contribution is 0.482. The van der Waals surface area contributed by atoms with Gasteiger partial charge in [-0.2, -0.15) is 0 Å². The van der Waals surface area contributed by atoms with Crippen molar-refractivity contribution in [3.8, 4) is 17.2 Å². The number of nitrogens with one attached hydrogen (secondary N) is 1. The molecule has 0 spiro atoms.